The van der Waals surface area contributed by atoms with Crippen molar-refractivity contribution >= 4 is 43.2 Å². The van der Waals surface area contributed by atoms with Gasteiger partial charge in [0.2, 0.25) is 10.0 Å². The van der Waals surface area contributed by atoms with Crippen molar-refractivity contribution in [2.75, 3.05) is 31.5 Å². The molecule has 0 unspecified atom stereocenters. The minimum atomic E-state index is -4.11. The second kappa shape index (κ2) is 12.6. The Labute approximate surface area is 252 Å². The molecule has 1 heterocycles. The summed E-state index contributed by atoms with van der Waals surface area (Å²) in [6, 6.07) is 16.0. The Balaban J connectivity index is 1.76. The fraction of sp³-hybridized carbons (Fsp3) is 0.345. The Morgan fingerprint density at radius 1 is 1.05 bits per heavy atom. The van der Waals surface area contributed by atoms with Crippen LogP contribution in [0.25, 0.3) is 0 Å². The number of para-hydroxylation sites is 1. The van der Waals surface area contributed by atoms with Crippen LogP contribution in [0.3, 0.4) is 0 Å². The number of ether oxygens (including phenoxy) is 1. The molecule has 0 spiro atoms. The highest BCUT2D eigenvalue weighted by Gasteiger charge is 2.36. The van der Waals surface area contributed by atoms with Crippen LogP contribution in [-0.4, -0.2) is 75.9 Å². The minimum absolute atomic E-state index is 0.00977. The lowest BCUT2D eigenvalue weighted by Gasteiger charge is -2.38. The Morgan fingerprint density at radius 2 is 1.67 bits per heavy atom. The van der Waals surface area contributed by atoms with Crippen molar-refractivity contribution in [1.29, 1.82) is 0 Å². The van der Waals surface area contributed by atoms with Gasteiger partial charge in [-0.3, -0.25) is 9.52 Å². The number of nitrogens with one attached hydrogen (secondary N) is 1. The number of carbonyl (C=O) groups is 1. The van der Waals surface area contributed by atoms with E-state index in [0.29, 0.717) is 5.02 Å². The van der Waals surface area contributed by atoms with Crippen molar-refractivity contribution in [2.24, 2.45) is 5.92 Å². The van der Waals surface area contributed by atoms with E-state index in [0.717, 1.165) is 5.56 Å². The molecule has 10 nitrogen and oxygen atoms in total. The average molecular weight is 636 g/mol. The molecule has 13 heteroatoms. The third kappa shape index (κ3) is 6.73. The number of amides is 1. The van der Waals surface area contributed by atoms with Gasteiger partial charge in [-0.15, -0.1) is 0 Å². The molecule has 1 aliphatic heterocycles. The van der Waals surface area contributed by atoms with E-state index in [-0.39, 0.29) is 46.5 Å². The average Bonchev–Trinajstić information content (AvgIpc) is 2.95. The zero-order chi connectivity index (χ0) is 30.8. The molecular formula is C29H34ClN3O7S2. The van der Waals surface area contributed by atoms with E-state index in [9.17, 15) is 26.7 Å². The minimum Gasteiger partial charge on any atom is -0.486 e. The van der Waals surface area contributed by atoms with Gasteiger partial charge in [0.1, 0.15) is 6.10 Å². The Morgan fingerprint density at radius 3 is 2.29 bits per heavy atom. The van der Waals surface area contributed by atoms with Gasteiger partial charge in [-0.05, 0) is 62.4 Å². The van der Waals surface area contributed by atoms with E-state index in [2.05, 4.69) is 4.72 Å². The van der Waals surface area contributed by atoms with Crippen molar-refractivity contribution in [1.82, 2.24) is 9.21 Å². The first-order chi connectivity index (χ1) is 19.7. The molecule has 0 saturated carbocycles. The summed E-state index contributed by atoms with van der Waals surface area (Å²) in [6.45, 7) is 5.15. The molecule has 4 rings (SSSR count). The molecule has 1 aliphatic rings. The number of benzene rings is 3. The summed E-state index contributed by atoms with van der Waals surface area (Å²) in [6.07, 6.45) is -0.795. The molecule has 0 saturated heterocycles. The molecule has 0 radical (unpaired) electrons. The smallest absolute Gasteiger partial charge is 0.262 e. The van der Waals surface area contributed by atoms with Gasteiger partial charge in [-0.25, -0.2) is 16.8 Å². The van der Waals surface area contributed by atoms with Gasteiger partial charge < -0.3 is 14.7 Å². The quantitative estimate of drug-likeness (QED) is 0.363. The van der Waals surface area contributed by atoms with Crippen molar-refractivity contribution in [3.63, 3.8) is 0 Å². The maximum absolute atomic E-state index is 13.7. The molecule has 3 aromatic rings. The van der Waals surface area contributed by atoms with Gasteiger partial charge in [-0.1, -0.05) is 42.3 Å². The van der Waals surface area contributed by atoms with Crippen molar-refractivity contribution in [3.05, 3.63) is 82.9 Å². The third-order valence-electron chi connectivity index (χ3n) is 7.23. The first kappa shape index (κ1) is 31.8. The second-order valence-corrected chi connectivity index (χ2v) is 14.6. The summed E-state index contributed by atoms with van der Waals surface area (Å²) in [7, 11) is -6.56. The van der Waals surface area contributed by atoms with E-state index >= 15 is 0 Å². The number of carbonyl (C=O) groups excluding carboxylic acids is 1. The van der Waals surface area contributed by atoms with E-state index < -0.39 is 44.0 Å². The van der Waals surface area contributed by atoms with E-state index in [1.807, 2.05) is 13.8 Å². The van der Waals surface area contributed by atoms with Crippen LogP contribution in [0.2, 0.25) is 5.02 Å². The Hall–Kier alpha value is -3.16. The fourth-order valence-electron chi connectivity index (χ4n) is 4.60. The highest BCUT2D eigenvalue weighted by molar-refractivity contribution is 7.92. The van der Waals surface area contributed by atoms with Crippen LogP contribution in [0.4, 0.5) is 5.69 Å². The molecule has 0 fully saturated rings. The summed E-state index contributed by atoms with van der Waals surface area (Å²) in [5.41, 5.74) is 1.00. The molecule has 0 aromatic heterocycles. The molecule has 226 valence electrons. The van der Waals surface area contributed by atoms with E-state index in [1.54, 1.807) is 19.1 Å². The number of aliphatic hydroxyl groups excluding tert-OH is 1. The standard InChI is InChI=1S/C29H34ClN3O7S2/c1-19-8-12-24(13-9-19)42(38,39)32(4)17-27-20(2)16-33(21(3)18-34)29(35)25-6-5-7-26(28(25)40-27)31-41(36,37)23-14-10-22(30)11-15-23/h5-15,20-21,27,31,34H,16-18H2,1-4H3/t20-,21+,27-/m1/s1. The summed E-state index contributed by atoms with van der Waals surface area (Å²) in [5, 5.41) is 10.3. The third-order valence-corrected chi connectivity index (χ3v) is 10.7. The number of anilines is 1. The van der Waals surface area contributed by atoms with Crippen molar-refractivity contribution in [2.45, 2.75) is 42.7 Å². The predicted octanol–water partition coefficient (Wildman–Crippen LogP) is 3.99. The van der Waals surface area contributed by atoms with Gasteiger partial charge in [0.15, 0.2) is 5.75 Å². The number of rotatable bonds is 9. The first-order valence-corrected chi connectivity index (χ1v) is 16.6. The van der Waals surface area contributed by atoms with Crippen LogP contribution in [0.15, 0.2) is 76.5 Å². The van der Waals surface area contributed by atoms with Gasteiger partial charge >= 0.3 is 0 Å². The molecule has 0 bridgehead atoms. The number of fused-ring (bicyclic) bond motifs is 1. The SMILES string of the molecule is Cc1ccc(S(=O)(=O)N(C)C[C@H]2Oc3c(NS(=O)(=O)c4ccc(Cl)cc4)cccc3C(=O)N([C@@H](C)CO)C[C@H]2C)cc1. The summed E-state index contributed by atoms with van der Waals surface area (Å²) < 4.78 is 63.4. The number of hydrogen-bond acceptors (Lipinski definition) is 7. The zero-order valence-electron chi connectivity index (χ0n) is 23.7. The largest absolute Gasteiger partial charge is 0.486 e. The molecular weight excluding hydrogens is 602 g/mol. The Bertz CT molecular complexity index is 1650. The number of likely N-dealkylation sites (N-methyl/N-ethyl adjacent to an activating group) is 1. The lowest BCUT2D eigenvalue weighted by atomic mass is 9.99. The molecule has 2 N–H and O–H groups in total. The maximum Gasteiger partial charge on any atom is 0.262 e. The monoisotopic (exact) mass is 635 g/mol. The summed E-state index contributed by atoms with van der Waals surface area (Å²) in [4.78, 5) is 15.3. The van der Waals surface area contributed by atoms with Crippen LogP contribution >= 0.6 is 11.6 Å². The molecule has 0 aliphatic carbocycles. The molecule has 3 atom stereocenters. The highest BCUT2D eigenvalue weighted by Crippen LogP contribution is 2.36. The summed E-state index contributed by atoms with van der Waals surface area (Å²) in [5.74, 6) is -0.898. The topological polar surface area (TPSA) is 133 Å². The summed E-state index contributed by atoms with van der Waals surface area (Å²) >= 11 is 5.92. The first-order valence-electron chi connectivity index (χ1n) is 13.3. The zero-order valence-corrected chi connectivity index (χ0v) is 26.1. The highest BCUT2D eigenvalue weighted by atomic mass is 35.5. The van der Waals surface area contributed by atoms with E-state index in [1.165, 1.54) is 70.9 Å². The van der Waals surface area contributed by atoms with Crippen molar-refractivity contribution in [3.8, 4) is 5.75 Å². The van der Waals surface area contributed by atoms with Crippen molar-refractivity contribution < 1.29 is 31.5 Å². The number of hydrogen-bond donors (Lipinski definition) is 2. The maximum atomic E-state index is 13.7. The van der Waals surface area contributed by atoms with Gasteiger partial charge in [0.05, 0.1) is 40.2 Å². The Kier molecular flexibility index (Phi) is 9.53. The number of nitrogens with zero attached hydrogens (tertiary/aromatic N) is 2. The molecule has 1 amide bonds. The normalized spacial score (nSPS) is 18.5. The second-order valence-electron chi connectivity index (χ2n) is 10.5. The fourth-order valence-corrected chi connectivity index (χ4v) is 6.97. The number of aryl methyl sites for hydroxylation is 1. The number of halogens is 1. The van der Waals surface area contributed by atoms with E-state index in [4.69, 9.17) is 16.3 Å². The van der Waals surface area contributed by atoms with Crippen LogP contribution in [0.1, 0.15) is 29.8 Å². The van der Waals surface area contributed by atoms with Gasteiger partial charge in [0, 0.05) is 24.5 Å². The molecule has 3 aromatic carbocycles. The lowest BCUT2D eigenvalue weighted by molar-refractivity contribution is 0.0389. The van der Waals surface area contributed by atoms with Crippen LogP contribution in [-0.2, 0) is 20.0 Å². The number of sulfonamides is 2. The van der Waals surface area contributed by atoms with Crippen LogP contribution in [0.5, 0.6) is 5.75 Å². The molecule has 42 heavy (non-hydrogen) atoms. The lowest BCUT2D eigenvalue weighted by Crippen LogP contribution is -2.50. The van der Waals surface area contributed by atoms with Crippen LogP contribution in [0, 0.1) is 12.8 Å². The predicted molar refractivity (Wildman–Crippen MR) is 161 cm³/mol. The van der Waals surface area contributed by atoms with Crippen LogP contribution < -0.4 is 9.46 Å². The van der Waals surface area contributed by atoms with Gasteiger partial charge in [-0.2, -0.15) is 4.31 Å². The number of aliphatic hydroxyl groups is 1. The van der Waals surface area contributed by atoms with Gasteiger partial charge in [0.25, 0.3) is 15.9 Å².